The molecule has 0 spiro atoms. The zero-order chi connectivity index (χ0) is 17.0. The molecule has 0 aromatic heterocycles. The summed E-state index contributed by atoms with van der Waals surface area (Å²) in [5.41, 5.74) is 1.94. The molecule has 1 radical (unpaired) electrons. The second kappa shape index (κ2) is 10.1. The monoisotopic (exact) mass is 525 g/mol. The minimum atomic E-state index is -2.60. The molecule has 2 rings (SSSR count). The number of nitrogens with zero attached hydrogens (tertiary/aromatic N) is 1. The van der Waals surface area contributed by atoms with Crippen LogP contribution in [0.4, 0.5) is 8.78 Å². The second-order valence-corrected chi connectivity index (χ2v) is 6.57. The van der Waals surface area contributed by atoms with E-state index in [2.05, 4.69) is 6.08 Å². The Hall–Kier alpha value is -0.116. The van der Waals surface area contributed by atoms with Crippen molar-refractivity contribution in [3.63, 3.8) is 0 Å². The molecule has 129 valence electrons. The Morgan fingerprint density at radius 3 is 2.75 bits per heavy atom. The zero-order valence-corrected chi connectivity index (χ0v) is 18.4. The predicted octanol–water partition coefficient (Wildman–Crippen LogP) is 3.42. The van der Waals surface area contributed by atoms with Crippen LogP contribution < -0.4 is 4.74 Å². The van der Waals surface area contributed by atoms with Crippen LogP contribution in [0.25, 0.3) is 5.70 Å². The third-order valence-corrected chi connectivity index (χ3v) is 4.34. The number of hydrogen-bond acceptors (Lipinski definition) is 3. The predicted molar refractivity (Wildman–Crippen MR) is 90.5 cm³/mol. The van der Waals surface area contributed by atoms with E-state index in [1.165, 1.54) is 7.11 Å². The molecule has 0 aliphatic carbocycles. The van der Waals surface area contributed by atoms with Gasteiger partial charge in [-0.3, -0.25) is 4.79 Å². The molecule has 0 saturated heterocycles. The molecule has 0 N–H and O–H groups in total. The van der Waals surface area contributed by atoms with Gasteiger partial charge in [-0.05, 0) is 12.1 Å². The van der Waals surface area contributed by atoms with E-state index in [0.717, 1.165) is 10.5 Å². The molecule has 0 saturated carbocycles. The van der Waals surface area contributed by atoms with Crippen molar-refractivity contribution in [2.24, 2.45) is 0 Å². The van der Waals surface area contributed by atoms with Crippen molar-refractivity contribution in [2.45, 2.75) is 23.7 Å². The number of carbonyl (C=O) groups is 1. The fraction of sp³-hybridized carbons (Fsp3) is 0.438. The number of carbonyl (C=O) groups excluding carboxylic acids is 1. The van der Waals surface area contributed by atoms with Crippen LogP contribution in [0.15, 0.2) is 18.2 Å². The third-order valence-electron chi connectivity index (χ3n) is 3.37. The minimum Gasteiger partial charge on any atom is -0.468 e. The zero-order valence-electron chi connectivity index (χ0n) is 13.4. The average molecular weight is 525 g/mol. The van der Waals surface area contributed by atoms with Crippen LogP contribution in [-0.2, 0) is 42.2 Å². The van der Waals surface area contributed by atoms with Gasteiger partial charge in [0, 0.05) is 39.8 Å². The quantitative estimate of drug-likeness (QED) is 0.248. The van der Waals surface area contributed by atoms with Gasteiger partial charge in [-0.15, -0.1) is 22.9 Å². The smallest absolute Gasteiger partial charge is 0.256 e. The fourth-order valence-corrected chi connectivity index (χ4v) is 2.88. The van der Waals surface area contributed by atoms with E-state index in [1.807, 2.05) is 29.5 Å². The second-order valence-electron chi connectivity index (χ2n) is 5.06. The summed E-state index contributed by atoms with van der Waals surface area (Å²) in [6.07, 6.45) is 0.907. The van der Waals surface area contributed by atoms with Gasteiger partial charge < -0.3 is 14.4 Å². The topological polar surface area (TPSA) is 38.8 Å². The summed E-state index contributed by atoms with van der Waals surface area (Å²) in [5.74, 6) is 0.307. The maximum atomic E-state index is 12.8. The van der Waals surface area contributed by atoms with E-state index < -0.39 is 13.0 Å². The molecule has 8 heteroatoms. The Bertz CT molecular complexity index is 613. The number of benzene rings is 1. The normalized spacial score (nSPS) is 17.6. The van der Waals surface area contributed by atoms with Gasteiger partial charge in [-0.25, -0.2) is 14.9 Å². The first-order chi connectivity index (χ1) is 10.9. The van der Waals surface area contributed by atoms with E-state index in [4.69, 9.17) is 9.47 Å². The third kappa shape index (κ3) is 5.44. The average Bonchev–Trinajstić information content (AvgIpc) is 2.50. The maximum Gasteiger partial charge on any atom is 0.256 e. The number of rotatable bonds is 6. The number of aryl methyl sites for hydroxylation is 1. The van der Waals surface area contributed by atoms with Crippen molar-refractivity contribution < 1.29 is 55.8 Å². The van der Waals surface area contributed by atoms with Crippen molar-refractivity contribution in [1.29, 1.82) is 0 Å². The SMILES string of the molecule is COCOc1ccc(C2=[C-]CC(I)C(=O)N2CC(F)F)c(C)c1.[Y]. The van der Waals surface area contributed by atoms with Gasteiger partial charge in [0.1, 0.15) is 5.75 Å². The van der Waals surface area contributed by atoms with Crippen LogP contribution >= 0.6 is 22.6 Å². The number of halogens is 3. The van der Waals surface area contributed by atoms with Gasteiger partial charge in [0.05, 0.1) is 10.5 Å². The number of ether oxygens (including phenoxy) is 2. The van der Waals surface area contributed by atoms with Crippen LogP contribution in [0.3, 0.4) is 0 Å². The summed E-state index contributed by atoms with van der Waals surface area (Å²) < 4.78 is 35.5. The van der Waals surface area contributed by atoms with Crippen molar-refractivity contribution in [3.8, 4) is 5.75 Å². The summed E-state index contributed by atoms with van der Waals surface area (Å²) in [4.78, 5) is 13.4. The molecule has 1 aromatic rings. The molecule has 4 nitrogen and oxygen atoms in total. The molecule has 0 fully saturated rings. The number of hydrogen-bond donors (Lipinski definition) is 0. The van der Waals surface area contributed by atoms with Gasteiger partial charge in [0.15, 0.2) is 6.79 Å². The van der Waals surface area contributed by atoms with E-state index >= 15 is 0 Å². The van der Waals surface area contributed by atoms with Gasteiger partial charge in [0.2, 0.25) is 5.91 Å². The van der Waals surface area contributed by atoms with E-state index in [9.17, 15) is 13.6 Å². The first-order valence-corrected chi connectivity index (χ1v) is 8.25. The minimum absolute atomic E-state index is 0. The standard InChI is InChI=1S/C16H17F2INO3.Y/c1-10-7-11(23-9-22-2)3-4-12(10)14-6-5-13(19)16(21)20(14)8-15(17)18;/h3-4,7,13,15H,5,8-9H2,1-2H3;/q-1;. The molecule has 1 amide bonds. The first-order valence-electron chi connectivity index (χ1n) is 7.01. The molecular weight excluding hydrogens is 508 g/mol. The molecule has 1 aromatic carbocycles. The molecular formula is C16H17F2INO3Y-. The number of alkyl halides is 3. The van der Waals surface area contributed by atoms with Crippen LogP contribution in [-0.4, -0.2) is 41.6 Å². The Labute approximate surface area is 179 Å². The van der Waals surface area contributed by atoms with Crippen LogP contribution in [0, 0.1) is 13.0 Å². The molecule has 1 aliphatic heterocycles. The Kier molecular flexibility index (Phi) is 9.26. The van der Waals surface area contributed by atoms with Crippen molar-refractivity contribution in [2.75, 3.05) is 20.4 Å². The number of allylic oxidation sites excluding steroid dienone is 1. The molecule has 24 heavy (non-hydrogen) atoms. The van der Waals surface area contributed by atoms with Gasteiger partial charge >= 0.3 is 0 Å². The summed E-state index contributed by atoms with van der Waals surface area (Å²) in [6.45, 7) is 1.34. The summed E-state index contributed by atoms with van der Waals surface area (Å²) in [6, 6.07) is 5.25. The van der Waals surface area contributed by atoms with Gasteiger partial charge in [-0.2, -0.15) is 0 Å². The van der Waals surface area contributed by atoms with Gasteiger partial charge in [-0.1, -0.05) is 35.9 Å². The molecule has 1 heterocycles. The summed E-state index contributed by atoms with van der Waals surface area (Å²) in [5, 5.41) is 0. The fourth-order valence-electron chi connectivity index (χ4n) is 2.33. The summed E-state index contributed by atoms with van der Waals surface area (Å²) in [7, 11) is 1.53. The van der Waals surface area contributed by atoms with Crippen LogP contribution in [0.2, 0.25) is 0 Å². The largest absolute Gasteiger partial charge is 0.468 e. The molecule has 0 bridgehead atoms. The maximum absolute atomic E-state index is 12.8. The van der Waals surface area contributed by atoms with Crippen LogP contribution in [0.1, 0.15) is 17.5 Å². The van der Waals surface area contributed by atoms with Crippen molar-refractivity contribution in [1.82, 2.24) is 4.90 Å². The van der Waals surface area contributed by atoms with E-state index in [-0.39, 0.29) is 49.3 Å². The Morgan fingerprint density at radius 1 is 1.46 bits per heavy atom. The van der Waals surface area contributed by atoms with Crippen molar-refractivity contribution in [3.05, 3.63) is 35.4 Å². The van der Waals surface area contributed by atoms with Gasteiger partial charge in [0.25, 0.3) is 6.43 Å². The first kappa shape index (κ1) is 21.9. The van der Waals surface area contributed by atoms with E-state index in [0.29, 0.717) is 23.4 Å². The Balaban J connectivity index is 0.00000288. The van der Waals surface area contributed by atoms with E-state index in [1.54, 1.807) is 18.2 Å². The summed E-state index contributed by atoms with van der Waals surface area (Å²) >= 11 is 1.96. The van der Waals surface area contributed by atoms with Crippen LogP contribution in [0.5, 0.6) is 5.75 Å². The molecule has 1 unspecified atom stereocenters. The number of methoxy groups -OCH3 is 1. The van der Waals surface area contributed by atoms with Crippen molar-refractivity contribution >= 4 is 34.2 Å². The number of amides is 1. The molecule has 1 aliphatic rings. The molecule has 1 atom stereocenters. The Morgan fingerprint density at radius 2 is 2.17 bits per heavy atom.